The number of likely N-dealkylation sites (tertiary alicyclic amines) is 1. The van der Waals surface area contributed by atoms with Gasteiger partial charge in [0.1, 0.15) is 0 Å². The standard InChI is InChI=1S/C17H21N5O.3C2HF3O2/c1-13-4-5-17(20-19-13)22-7-8-23-16-12-21(11-15(16)22)10-14-3-2-6-18-9-14;3*3-2(4,5)1(6)7/h2-6,9,15-16H,7-8,10-12H2,1H3;3*(H,6,7)/t15-,16+;;;/m1.../s1. The van der Waals surface area contributed by atoms with Crippen LogP contribution in [0.15, 0.2) is 36.7 Å². The molecule has 2 aliphatic rings. The Morgan fingerprint density at radius 2 is 1.39 bits per heavy atom. The van der Waals surface area contributed by atoms with Gasteiger partial charge in [-0.1, -0.05) is 6.07 Å². The molecule has 2 aromatic rings. The molecule has 4 heterocycles. The van der Waals surface area contributed by atoms with Gasteiger partial charge in [0, 0.05) is 38.6 Å². The summed E-state index contributed by atoms with van der Waals surface area (Å²) in [5.74, 6) is -7.32. The van der Waals surface area contributed by atoms with Gasteiger partial charge in [-0.05, 0) is 30.7 Å². The lowest BCUT2D eigenvalue weighted by molar-refractivity contribution is -0.193. The SMILES string of the molecule is Cc1ccc(N2CCO[C@H]3CN(Cc4cccnc4)C[C@H]32)nn1.O=C(O)C(F)(F)F.O=C(O)C(F)(F)F.O=C(O)C(F)(F)F. The first-order valence-corrected chi connectivity index (χ1v) is 11.8. The number of hydrogen-bond acceptors (Lipinski definition) is 9. The molecular formula is C23H24F9N5O7. The van der Waals surface area contributed by atoms with Crippen LogP contribution in [-0.4, -0.2) is 110 Å². The number of nitrogens with zero attached hydrogens (tertiary/aromatic N) is 5. The van der Waals surface area contributed by atoms with Crippen molar-refractivity contribution in [3.63, 3.8) is 0 Å². The Balaban J connectivity index is 0.000000379. The van der Waals surface area contributed by atoms with E-state index in [1.54, 1.807) is 0 Å². The number of halogens is 9. The van der Waals surface area contributed by atoms with Gasteiger partial charge in [-0.25, -0.2) is 14.4 Å². The molecular weight excluding hydrogens is 629 g/mol. The van der Waals surface area contributed by atoms with Crippen LogP contribution in [0.4, 0.5) is 45.3 Å². The third-order valence-corrected chi connectivity index (χ3v) is 5.31. The van der Waals surface area contributed by atoms with Crippen LogP contribution in [0.5, 0.6) is 0 Å². The largest absolute Gasteiger partial charge is 0.490 e. The molecule has 0 unspecified atom stereocenters. The van der Waals surface area contributed by atoms with E-state index < -0.39 is 36.4 Å². The van der Waals surface area contributed by atoms with E-state index in [1.165, 1.54) is 5.56 Å². The highest BCUT2D eigenvalue weighted by Gasteiger charge is 2.41. The second kappa shape index (κ2) is 16.0. The first-order chi connectivity index (χ1) is 20.1. The third-order valence-electron chi connectivity index (χ3n) is 5.31. The number of carbonyl (C=O) groups is 3. The topological polar surface area (TPSA) is 166 Å². The summed E-state index contributed by atoms with van der Waals surface area (Å²) < 4.78 is 101. The van der Waals surface area contributed by atoms with Crippen molar-refractivity contribution in [3.05, 3.63) is 47.9 Å². The van der Waals surface area contributed by atoms with Crippen molar-refractivity contribution in [2.24, 2.45) is 0 Å². The van der Waals surface area contributed by atoms with Crippen molar-refractivity contribution in [1.82, 2.24) is 20.1 Å². The number of aryl methyl sites for hydroxylation is 1. The molecule has 2 aromatic heterocycles. The summed E-state index contributed by atoms with van der Waals surface area (Å²) in [5, 5.41) is 29.9. The molecule has 0 amide bonds. The van der Waals surface area contributed by atoms with Crippen LogP contribution in [0, 0.1) is 6.92 Å². The summed E-state index contributed by atoms with van der Waals surface area (Å²) in [4.78, 5) is 35.7. The molecule has 0 aliphatic carbocycles. The number of carboxylic acids is 3. The number of hydrogen-bond donors (Lipinski definition) is 3. The summed E-state index contributed by atoms with van der Waals surface area (Å²) in [6.07, 6.45) is -11.3. The lowest BCUT2D eigenvalue weighted by Gasteiger charge is -2.37. The molecule has 0 aromatic carbocycles. The zero-order valence-corrected chi connectivity index (χ0v) is 22.3. The highest BCUT2D eigenvalue weighted by atomic mass is 19.4. The molecule has 44 heavy (non-hydrogen) atoms. The van der Waals surface area contributed by atoms with Crippen LogP contribution >= 0.6 is 0 Å². The van der Waals surface area contributed by atoms with Crippen molar-refractivity contribution >= 4 is 23.7 Å². The molecule has 12 nitrogen and oxygen atoms in total. The molecule has 0 radical (unpaired) electrons. The number of fused-ring (bicyclic) bond motifs is 1. The van der Waals surface area contributed by atoms with Crippen LogP contribution in [-0.2, 0) is 25.7 Å². The van der Waals surface area contributed by atoms with Crippen LogP contribution in [0.1, 0.15) is 11.3 Å². The van der Waals surface area contributed by atoms with Gasteiger partial charge in [-0.3, -0.25) is 9.88 Å². The van der Waals surface area contributed by atoms with E-state index in [4.69, 9.17) is 34.4 Å². The normalized spacial score (nSPS) is 18.3. The maximum Gasteiger partial charge on any atom is 0.490 e. The second-order valence-corrected chi connectivity index (χ2v) is 8.67. The van der Waals surface area contributed by atoms with E-state index in [1.807, 2.05) is 31.5 Å². The fourth-order valence-electron chi connectivity index (χ4n) is 3.47. The molecule has 4 rings (SSSR count). The molecule has 2 aliphatic heterocycles. The molecule has 3 N–H and O–H groups in total. The Bertz CT molecular complexity index is 1160. The molecule has 2 fully saturated rings. The summed E-state index contributed by atoms with van der Waals surface area (Å²) in [6.45, 7) is 6.43. The van der Waals surface area contributed by atoms with Crippen LogP contribution in [0.3, 0.4) is 0 Å². The number of carboxylic acid groups (broad SMARTS) is 3. The van der Waals surface area contributed by atoms with Crippen LogP contribution in [0.2, 0.25) is 0 Å². The monoisotopic (exact) mass is 653 g/mol. The minimum Gasteiger partial charge on any atom is -0.475 e. The Labute approximate surface area is 241 Å². The highest BCUT2D eigenvalue weighted by molar-refractivity contribution is 5.73. The van der Waals surface area contributed by atoms with Crippen LogP contribution in [0.25, 0.3) is 0 Å². The van der Waals surface area contributed by atoms with E-state index in [9.17, 15) is 39.5 Å². The van der Waals surface area contributed by atoms with E-state index in [0.717, 1.165) is 44.3 Å². The van der Waals surface area contributed by atoms with Gasteiger partial charge in [-0.2, -0.15) is 44.6 Å². The average molecular weight is 653 g/mol. The number of alkyl halides is 9. The highest BCUT2D eigenvalue weighted by Crippen LogP contribution is 2.27. The minimum absolute atomic E-state index is 0.239. The van der Waals surface area contributed by atoms with E-state index in [2.05, 4.69) is 37.1 Å². The zero-order valence-electron chi connectivity index (χ0n) is 22.3. The van der Waals surface area contributed by atoms with E-state index in [-0.39, 0.29) is 6.10 Å². The summed E-state index contributed by atoms with van der Waals surface area (Å²) in [5.41, 5.74) is 2.19. The maximum absolute atomic E-state index is 10.6. The number of pyridine rings is 1. The summed E-state index contributed by atoms with van der Waals surface area (Å²) >= 11 is 0. The van der Waals surface area contributed by atoms with Crippen molar-refractivity contribution < 1.29 is 74.0 Å². The molecule has 0 spiro atoms. The van der Waals surface area contributed by atoms with Gasteiger partial charge in [0.2, 0.25) is 0 Å². The third kappa shape index (κ3) is 13.4. The minimum atomic E-state index is -5.08. The average Bonchev–Trinajstić information content (AvgIpc) is 3.32. The van der Waals surface area contributed by atoms with Gasteiger partial charge >= 0.3 is 36.4 Å². The second-order valence-electron chi connectivity index (χ2n) is 8.67. The quantitative estimate of drug-likeness (QED) is 0.415. The molecule has 2 saturated heterocycles. The fourth-order valence-corrected chi connectivity index (χ4v) is 3.47. The van der Waals surface area contributed by atoms with E-state index >= 15 is 0 Å². The van der Waals surface area contributed by atoms with Gasteiger partial charge in [0.05, 0.1) is 24.4 Å². The molecule has 21 heteroatoms. The van der Waals surface area contributed by atoms with Gasteiger partial charge in [-0.15, -0.1) is 5.10 Å². The van der Waals surface area contributed by atoms with Crippen molar-refractivity contribution in [1.29, 1.82) is 0 Å². The van der Waals surface area contributed by atoms with Gasteiger partial charge in [0.15, 0.2) is 5.82 Å². The lowest BCUT2D eigenvalue weighted by Crippen LogP contribution is -2.51. The van der Waals surface area contributed by atoms with Crippen molar-refractivity contribution in [2.45, 2.75) is 44.1 Å². The lowest BCUT2D eigenvalue weighted by atomic mass is 10.1. The predicted octanol–water partition coefficient (Wildman–Crippen LogP) is 3.17. The Hall–Kier alpha value is -4.27. The number of aromatic nitrogens is 3. The van der Waals surface area contributed by atoms with E-state index in [0.29, 0.717) is 6.04 Å². The number of morpholine rings is 1. The number of ether oxygens (including phenoxy) is 1. The maximum atomic E-state index is 10.6. The van der Waals surface area contributed by atoms with Crippen molar-refractivity contribution in [3.8, 4) is 0 Å². The summed E-state index contributed by atoms with van der Waals surface area (Å²) in [6, 6.07) is 8.55. The van der Waals surface area contributed by atoms with Gasteiger partial charge < -0.3 is 25.0 Å². The van der Waals surface area contributed by atoms with Crippen molar-refractivity contribution in [2.75, 3.05) is 31.1 Å². The zero-order chi connectivity index (χ0) is 33.9. The summed E-state index contributed by atoms with van der Waals surface area (Å²) in [7, 11) is 0. The first-order valence-electron chi connectivity index (χ1n) is 11.8. The Morgan fingerprint density at radius 3 is 1.80 bits per heavy atom. The molecule has 0 saturated carbocycles. The molecule has 2 atom stereocenters. The molecule has 0 bridgehead atoms. The van der Waals surface area contributed by atoms with Gasteiger partial charge in [0.25, 0.3) is 0 Å². The fraction of sp³-hybridized carbons (Fsp3) is 0.478. The number of rotatable bonds is 3. The Kier molecular flexibility index (Phi) is 13.7. The van der Waals surface area contributed by atoms with Crippen LogP contribution < -0.4 is 4.90 Å². The Morgan fingerprint density at radius 1 is 0.864 bits per heavy atom. The first kappa shape index (κ1) is 37.8. The number of aliphatic carboxylic acids is 3. The number of anilines is 1. The molecule has 246 valence electrons. The smallest absolute Gasteiger partial charge is 0.475 e. The predicted molar refractivity (Wildman–Crippen MR) is 128 cm³/mol.